The number of carbonyl (C=O) groups is 1. The molecule has 0 atom stereocenters. The number of hydrogen-bond donors (Lipinski definition) is 2. The summed E-state index contributed by atoms with van der Waals surface area (Å²) < 4.78 is 0. The lowest BCUT2D eigenvalue weighted by Gasteiger charge is -2.01. The lowest BCUT2D eigenvalue weighted by molar-refractivity contribution is 0.104. The van der Waals surface area contributed by atoms with E-state index in [1.165, 1.54) is 0 Å². The molecule has 22 heavy (non-hydrogen) atoms. The SMILES string of the molecule is Cc1c(C#N)c(=O)[nH]c2sc(C(=O)c3ccccc3)c(N)c12. The molecule has 0 bridgehead atoms. The number of nitrogens with zero attached hydrogens (tertiary/aromatic N) is 1. The molecule has 3 rings (SSSR count). The van der Waals surface area contributed by atoms with Gasteiger partial charge in [-0.2, -0.15) is 5.26 Å². The molecular formula is C16H11N3O2S. The molecule has 0 amide bonds. The second-order valence-electron chi connectivity index (χ2n) is 4.81. The zero-order valence-corrected chi connectivity index (χ0v) is 12.5. The standard InChI is InChI=1S/C16H11N3O2S/c1-8-10(7-17)15(21)19-16-11(8)12(18)14(22-16)13(20)9-5-3-2-4-6-9/h2-6H,18H2,1H3,(H,19,21). The van der Waals surface area contributed by atoms with E-state index in [9.17, 15) is 9.59 Å². The molecule has 2 aromatic heterocycles. The van der Waals surface area contributed by atoms with Crippen LogP contribution in [0.15, 0.2) is 35.1 Å². The monoisotopic (exact) mass is 309 g/mol. The number of fused-ring (bicyclic) bond motifs is 1. The number of nitrogen functional groups attached to an aromatic ring is 1. The number of nitrogens with two attached hydrogens (primary N) is 1. The van der Waals surface area contributed by atoms with E-state index in [-0.39, 0.29) is 11.3 Å². The van der Waals surface area contributed by atoms with Crippen LogP contribution in [-0.2, 0) is 0 Å². The van der Waals surface area contributed by atoms with Crippen LogP contribution in [0.1, 0.15) is 26.4 Å². The molecule has 0 aliphatic carbocycles. The Kier molecular flexibility index (Phi) is 3.28. The first kappa shape index (κ1) is 14.0. The molecule has 0 aliphatic rings. The third kappa shape index (κ3) is 2.00. The van der Waals surface area contributed by atoms with E-state index in [0.717, 1.165) is 11.3 Å². The van der Waals surface area contributed by atoms with Gasteiger partial charge in [0.15, 0.2) is 0 Å². The molecule has 0 saturated heterocycles. The fourth-order valence-corrected chi connectivity index (χ4v) is 3.52. The second-order valence-corrected chi connectivity index (χ2v) is 5.83. The number of H-pyrrole nitrogens is 1. The summed E-state index contributed by atoms with van der Waals surface area (Å²) in [4.78, 5) is 27.9. The van der Waals surface area contributed by atoms with Crippen LogP contribution in [0.2, 0.25) is 0 Å². The van der Waals surface area contributed by atoms with Crippen molar-refractivity contribution >= 4 is 33.0 Å². The lowest BCUT2D eigenvalue weighted by atomic mass is 10.0. The van der Waals surface area contributed by atoms with Gasteiger partial charge in [-0.3, -0.25) is 9.59 Å². The minimum Gasteiger partial charge on any atom is -0.397 e. The number of ketones is 1. The molecule has 2 heterocycles. The van der Waals surface area contributed by atoms with Crippen LogP contribution in [0.5, 0.6) is 0 Å². The van der Waals surface area contributed by atoms with E-state index in [2.05, 4.69) is 4.98 Å². The van der Waals surface area contributed by atoms with Gasteiger partial charge >= 0.3 is 0 Å². The summed E-state index contributed by atoms with van der Waals surface area (Å²) >= 11 is 1.13. The smallest absolute Gasteiger partial charge is 0.267 e. The quantitative estimate of drug-likeness (QED) is 0.710. The lowest BCUT2D eigenvalue weighted by Crippen LogP contribution is -2.11. The fraction of sp³-hybridized carbons (Fsp3) is 0.0625. The molecule has 0 saturated carbocycles. The van der Waals surface area contributed by atoms with Gasteiger partial charge in [0.25, 0.3) is 5.56 Å². The van der Waals surface area contributed by atoms with Gasteiger partial charge in [-0.25, -0.2) is 0 Å². The van der Waals surface area contributed by atoms with Gasteiger partial charge in [-0.05, 0) is 12.5 Å². The van der Waals surface area contributed by atoms with Crippen molar-refractivity contribution in [3.8, 4) is 6.07 Å². The van der Waals surface area contributed by atoms with E-state index in [1.54, 1.807) is 31.2 Å². The van der Waals surface area contributed by atoms with Crippen molar-refractivity contribution in [2.45, 2.75) is 6.92 Å². The first-order valence-electron chi connectivity index (χ1n) is 6.49. The number of pyridine rings is 1. The van der Waals surface area contributed by atoms with Crippen LogP contribution in [0.3, 0.4) is 0 Å². The Morgan fingerprint density at radius 2 is 2.00 bits per heavy atom. The molecule has 0 spiro atoms. The summed E-state index contributed by atoms with van der Waals surface area (Å²) in [7, 11) is 0. The Morgan fingerprint density at radius 1 is 1.32 bits per heavy atom. The predicted octanol–water partition coefficient (Wildman–Crippen LogP) is 2.58. The molecule has 3 aromatic rings. The normalized spacial score (nSPS) is 10.5. The second kappa shape index (κ2) is 5.13. The number of nitrogens with one attached hydrogen (secondary N) is 1. The Balaban J connectivity index is 2.28. The van der Waals surface area contributed by atoms with Crippen molar-refractivity contribution in [1.29, 1.82) is 5.26 Å². The molecule has 0 unspecified atom stereocenters. The van der Waals surface area contributed by atoms with E-state index < -0.39 is 5.56 Å². The van der Waals surface area contributed by atoms with Crippen molar-refractivity contribution in [1.82, 2.24) is 4.98 Å². The number of aryl methyl sites for hydroxylation is 1. The van der Waals surface area contributed by atoms with Crippen LogP contribution in [-0.4, -0.2) is 10.8 Å². The van der Waals surface area contributed by atoms with Gasteiger partial charge in [-0.15, -0.1) is 11.3 Å². The van der Waals surface area contributed by atoms with Gasteiger partial charge in [0.05, 0.1) is 5.69 Å². The minimum absolute atomic E-state index is 0.0238. The third-order valence-electron chi connectivity index (χ3n) is 3.50. The molecule has 0 aliphatic heterocycles. The van der Waals surface area contributed by atoms with E-state index >= 15 is 0 Å². The van der Waals surface area contributed by atoms with Crippen molar-refractivity contribution in [2.24, 2.45) is 0 Å². The van der Waals surface area contributed by atoms with Crippen LogP contribution in [0.4, 0.5) is 5.69 Å². The predicted molar refractivity (Wildman–Crippen MR) is 86.2 cm³/mol. The zero-order valence-electron chi connectivity index (χ0n) is 11.6. The summed E-state index contributed by atoms with van der Waals surface area (Å²) in [6.07, 6.45) is 0. The van der Waals surface area contributed by atoms with Gasteiger partial charge in [-0.1, -0.05) is 30.3 Å². The summed E-state index contributed by atoms with van der Waals surface area (Å²) in [5.41, 5.74) is 7.00. The van der Waals surface area contributed by atoms with Gasteiger partial charge < -0.3 is 10.7 Å². The van der Waals surface area contributed by atoms with Crippen molar-refractivity contribution in [3.05, 3.63) is 62.3 Å². The molecular weight excluding hydrogens is 298 g/mol. The maximum Gasteiger partial charge on any atom is 0.267 e. The summed E-state index contributed by atoms with van der Waals surface area (Å²) in [6.45, 7) is 1.66. The van der Waals surface area contributed by atoms with E-state index in [4.69, 9.17) is 11.0 Å². The maximum atomic E-state index is 12.6. The highest BCUT2D eigenvalue weighted by atomic mass is 32.1. The van der Waals surface area contributed by atoms with Gasteiger partial charge in [0, 0.05) is 10.9 Å². The molecule has 6 heteroatoms. The van der Waals surface area contributed by atoms with Crippen LogP contribution < -0.4 is 11.3 Å². The molecule has 5 nitrogen and oxygen atoms in total. The fourth-order valence-electron chi connectivity index (χ4n) is 2.39. The highest BCUT2D eigenvalue weighted by molar-refractivity contribution is 7.21. The first-order chi connectivity index (χ1) is 10.5. The van der Waals surface area contributed by atoms with Crippen molar-refractivity contribution in [2.75, 3.05) is 5.73 Å². The molecule has 0 fully saturated rings. The van der Waals surface area contributed by atoms with Gasteiger partial charge in [0.2, 0.25) is 5.78 Å². The zero-order chi connectivity index (χ0) is 15.9. The molecule has 108 valence electrons. The highest BCUT2D eigenvalue weighted by Gasteiger charge is 2.21. The average molecular weight is 309 g/mol. The number of anilines is 1. The summed E-state index contributed by atoms with van der Waals surface area (Å²) in [5, 5.41) is 9.64. The Hall–Kier alpha value is -2.91. The summed E-state index contributed by atoms with van der Waals surface area (Å²) in [5.74, 6) is -0.196. The molecule has 3 N–H and O–H groups in total. The Morgan fingerprint density at radius 3 is 2.64 bits per heavy atom. The Labute approximate surface area is 129 Å². The first-order valence-corrected chi connectivity index (χ1v) is 7.31. The number of aromatic amines is 1. The molecule has 1 aromatic carbocycles. The number of aromatic nitrogens is 1. The van der Waals surface area contributed by atoms with Gasteiger partial charge in [0.1, 0.15) is 21.3 Å². The summed E-state index contributed by atoms with van der Waals surface area (Å²) in [6, 6.07) is 10.7. The van der Waals surface area contributed by atoms with Crippen LogP contribution >= 0.6 is 11.3 Å². The third-order valence-corrected chi connectivity index (χ3v) is 4.62. The highest BCUT2D eigenvalue weighted by Crippen LogP contribution is 2.35. The van der Waals surface area contributed by atoms with E-state index in [1.807, 2.05) is 12.1 Å². The average Bonchev–Trinajstić information content (AvgIpc) is 2.84. The number of nitriles is 1. The van der Waals surface area contributed by atoms with Crippen molar-refractivity contribution < 1.29 is 4.79 Å². The number of thiophene rings is 1. The number of rotatable bonds is 2. The number of carbonyl (C=O) groups excluding carboxylic acids is 1. The van der Waals surface area contributed by atoms with Crippen LogP contribution in [0, 0.1) is 18.3 Å². The number of benzene rings is 1. The minimum atomic E-state index is -0.465. The molecule has 0 radical (unpaired) electrons. The van der Waals surface area contributed by atoms with Crippen molar-refractivity contribution in [3.63, 3.8) is 0 Å². The topological polar surface area (TPSA) is 99.7 Å². The van der Waals surface area contributed by atoms with E-state index in [0.29, 0.717) is 31.9 Å². The number of hydrogen-bond acceptors (Lipinski definition) is 5. The van der Waals surface area contributed by atoms with Crippen LogP contribution in [0.25, 0.3) is 10.2 Å². The maximum absolute atomic E-state index is 12.6. The largest absolute Gasteiger partial charge is 0.397 e. The Bertz CT molecular complexity index is 994.